The van der Waals surface area contributed by atoms with Crippen LogP contribution in [-0.4, -0.2) is 21.6 Å². The second-order valence-corrected chi connectivity index (χ2v) is 5.93. The summed E-state index contributed by atoms with van der Waals surface area (Å²) >= 11 is 0. The van der Waals surface area contributed by atoms with E-state index in [1.54, 1.807) is 0 Å². The second kappa shape index (κ2) is 7.96. The summed E-state index contributed by atoms with van der Waals surface area (Å²) < 4.78 is 8.04. The van der Waals surface area contributed by atoms with E-state index in [9.17, 15) is 0 Å². The van der Waals surface area contributed by atoms with Gasteiger partial charge in [0.1, 0.15) is 5.52 Å². The number of ether oxygens (including phenoxy) is 1. The molecule has 0 aliphatic carbocycles. The second-order valence-electron chi connectivity index (χ2n) is 5.93. The molecule has 0 radical (unpaired) electrons. The third-order valence-corrected chi connectivity index (χ3v) is 4.12. The van der Waals surface area contributed by atoms with Crippen LogP contribution in [0.15, 0.2) is 54.6 Å². The van der Waals surface area contributed by atoms with Crippen LogP contribution < -0.4 is 0 Å². The lowest BCUT2D eigenvalue weighted by Gasteiger charge is -2.29. The lowest BCUT2D eigenvalue weighted by Crippen LogP contribution is -2.36. The molecule has 1 aromatic heterocycles. The van der Waals surface area contributed by atoms with E-state index in [1.807, 2.05) is 66.2 Å². The molecule has 0 aliphatic rings. The number of hydrogen-bond acceptors (Lipinski definition) is 3. The SMILES string of the molecule is CCCCC(C#Cc1ccccc1)(OCC)n1nnc2ccccc21. The molecule has 0 N–H and O–H groups in total. The van der Waals surface area contributed by atoms with Crippen molar-refractivity contribution in [2.24, 2.45) is 0 Å². The zero-order chi connectivity index (χ0) is 17.5. The fraction of sp³-hybridized carbons (Fsp3) is 0.333. The van der Waals surface area contributed by atoms with E-state index in [2.05, 4.69) is 29.1 Å². The lowest BCUT2D eigenvalue weighted by atomic mass is 10.0. The molecule has 1 heterocycles. The first-order valence-electron chi connectivity index (χ1n) is 8.82. The summed E-state index contributed by atoms with van der Waals surface area (Å²) in [5.41, 5.74) is 1.95. The van der Waals surface area contributed by atoms with E-state index < -0.39 is 5.72 Å². The summed E-state index contributed by atoms with van der Waals surface area (Å²) in [4.78, 5) is 0. The van der Waals surface area contributed by atoms with E-state index in [0.717, 1.165) is 35.9 Å². The third-order valence-electron chi connectivity index (χ3n) is 4.12. The van der Waals surface area contributed by atoms with Gasteiger partial charge in [0.2, 0.25) is 5.72 Å². The van der Waals surface area contributed by atoms with Gasteiger partial charge in [-0.25, -0.2) is 4.68 Å². The minimum Gasteiger partial charge on any atom is -0.344 e. The van der Waals surface area contributed by atoms with E-state index in [0.29, 0.717) is 6.61 Å². The standard InChI is InChI=1S/C21H23N3O/c1-3-5-16-21(25-4-2,17-15-18-11-7-6-8-12-18)24-20-14-10-9-13-19(20)22-23-24/h6-14H,3-5,16H2,1-2H3. The lowest BCUT2D eigenvalue weighted by molar-refractivity contribution is -0.0677. The molecule has 0 bridgehead atoms. The van der Waals surface area contributed by atoms with E-state index in [4.69, 9.17) is 4.74 Å². The highest BCUT2D eigenvalue weighted by Crippen LogP contribution is 2.28. The number of nitrogens with zero attached hydrogens (tertiary/aromatic N) is 3. The van der Waals surface area contributed by atoms with Crippen molar-refractivity contribution in [3.8, 4) is 11.8 Å². The van der Waals surface area contributed by atoms with Gasteiger partial charge in [-0.2, -0.15) is 0 Å². The van der Waals surface area contributed by atoms with Crippen molar-refractivity contribution in [2.75, 3.05) is 6.61 Å². The summed E-state index contributed by atoms with van der Waals surface area (Å²) in [5.74, 6) is 6.64. The van der Waals surface area contributed by atoms with Gasteiger partial charge in [0.15, 0.2) is 0 Å². The van der Waals surface area contributed by atoms with E-state index in [-0.39, 0.29) is 0 Å². The Hall–Kier alpha value is -2.64. The Morgan fingerprint density at radius 3 is 2.56 bits per heavy atom. The average Bonchev–Trinajstić information content (AvgIpc) is 3.10. The van der Waals surface area contributed by atoms with Crippen molar-refractivity contribution in [3.05, 3.63) is 60.2 Å². The Labute approximate surface area is 148 Å². The Morgan fingerprint density at radius 2 is 1.80 bits per heavy atom. The van der Waals surface area contributed by atoms with Crippen LogP contribution in [0.3, 0.4) is 0 Å². The molecular formula is C21H23N3O. The Balaban J connectivity index is 2.12. The topological polar surface area (TPSA) is 39.9 Å². The van der Waals surface area contributed by atoms with Crippen molar-refractivity contribution in [2.45, 2.75) is 38.8 Å². The van der Waals surface area contributed by atoms with E-state index >= 15 is 0 Å². The number of aromatic nitrogens is 3. The fourth-order valence-electron chi connectivity index (χ4n) is 2.87. The fourth-order valence-corrected chi connectivity index (χ4v) is 2.87. The van der Waals surface area contributed by atoms with Gasteiger partial charge < -0.3 is 4.74 Å². The maximum atomic E-state index is 6.19. The van der Waals surface area contributed by atoms with Gasteiger partial charge in [0, 0.05) is 18.6 Å². The first kappa shape index (κ1) is 17.2. The molecule has 0 saturated heterocycles. The van der Waals surface area contributed by atoms with Crippen molar-refractivity contribution < 1.29 is 4.74 Å². The molecule has 128 valence electrons. The molecule has 0 saturated carbocycles. The van der Waals surface area contributed by atoms with Gasteiger partial charge in [0.05, 0.1) is 5.52 Å². The van der Waals surface area contributed by atoms with Crippen LogP contribution in [0.4, 0.5) is 0 Å². The molecule has 0 aliphatic heterocycles. The van der Waals surface area contributed by atoms with Crippen LogP contribution >= 0.6 is 0 Å². The van der Waals surface area contributed by atoms with Crippen molar-refractivity contribution >= 4 is 11.0 Å². The highest BCUT2D eigenvalue weighted by Gasteiger charge is 2.33. The van der Waals surface area contributed by atoms with Crippen LogP contribution in [0.1, 0.15) is 38.7 Å². The Bertz CT molecular complexity index is 876. The van der Waals surface area contributed by atoms with Crippen molar-refractivity contribution in [3.63, 3.8) is 0 Å². The largest absolute Gasteiger partial charge is 0.344 e. The summed E-state index contributed by atoms with van der Waals surface area (Å²) in [6.45, 7) is 4.71. The van der Waals surface area contributed by atoms with Gasteiger partial charge in [0.25, 0.3) is 0 Å². The molecule has 3 aromatic rings. The highest BCUT2D eigenvalue weighted by molar-refractivity contribution is 5.74. The van der Waals surface area contributed by atoms with Crippen molar-refractivity contribution in [1.82, 2.24) is 15.0 Å². The number of para-hydroxylation sites is 1. The number of fused-ring (bicyclic) bond motifs is 1. The smallest absolute Gasteiger partial charge is 0.226 e. The molecule has 1 atom stereocenters. The summed E-state index contributed by atoms with van der Waals surface area (Å²) in [6, 6.07) is 17.9. The maximum Gasteiger partial charge on any atom is 0.226 e. The van der Waals surface area contributed by atoms with Gasteiger partial charge in [-0.15, -0.1) is 5.10 Å². The van der Waals surface area contributed by atoms with Crippen LogP contribution in [-0.2, 0) is 10.5 Å². The molecular weight excluding hydrogens is 310 g/mol. The summed E-state index contributed by atoms with van der Waals surface area (Å²) in [5, 5.41) is 8.69. The maximum absolute atomic E-state index is 6.19. The molecule has 0 spiro atoms. The van der Waals surface area contributed by atoms with Gasteiger partial charge in [-0.05, 0) is 43.5 Å². The van der Waals surface area contributed by atoms with Gasteiger partial charge in [-0.1, -0.05) is 54.8 Å². The Kier molecular flexibility index (Phi) is 5.47. The molecule has 25 heavy (non-hydrogen) atoms. The van der Waals surface area contributed by atoms with Crippen LogP contribution in [0.5, 0.6) is 0 Å². The average molecular weight is 333 g/mol. The Morgan fingerprint density at radius 1 is 1.04 bits per heavy atom. The summed E-state index contributed by atoms with van der Waals surface area (Å²) in [7, 11) is 0. The number of hydrogen-bond donors (Lipinski definition) is 0. The minimum atomic E-state index is -0.809. The van der Waals surface area contributed by atoms with Gasteiger partial charge >= 0.3 is 0 Å². The monoisotopic (exact) mass is 333 g/mol. The highest BCUT2D eigenvalue weighted by atomic mass is 16.5. The quantitative estimate of drug-likeness (QED) is 0.629. The van der Waals surface area contributed by atoms with Gasteiger partial charge in [-0.3, -0.25) is 0 Å². The van der Waals surface area contributed by atoms with Crippen LogP contribution in [0, 0.1) is 11.8 Å². The molecule has 0 fully saturated rings. The van der Waals surface area contributed by atoms with E-state index in [1.165, 1.54) is 0 Å². The first-order valence-corrected chi connectivity index (χ1v) is 8.82. The predicted molar refractivity (Wildman–Crippen MR) is 100.0 cm³/mol. The molecule has 4 heteroatoms. The normalized spacial score (nSPS) is 13.2. The number of benzene rings is 2. The third kappa shape index (κ3) is 3.72. The zero-order valence-corrected chi connectivity index (χ0v) is 14.8. The summed E-state index contributed by atoms with van der Waals surface area (Å²) in [6.07, 6.45) is 2.83. The molecule has 3 rings (SSSR count). The molecule has 2 aromatic carbocycles. The van der Waals surface area contributed by atoms with Crippen LogP contribution in [0.2, 0.25) is 0 Å². The molecule has 1 unspecified atom stereocenters. The number of unbranched alkanes of at least 4 members (excludes halogenated alkanes) is 1. The molecule has 0 amide bonds. The van der Waals surface area contributed by atoms with Crippen molar-refractivity contribution in [1.29, 1.82) is 0 Å². The minimum absolute atomic E-state index is 0.557. The van der Waals surface area contributed by atoms with Crippen LogP contribution in [0.25, 0.3) is 11.0 Å². The predicted octanol–water partition coefficient (Wildman–Crippen LogP) is 4.36. The first-order chi connectivity index (χ1) is 12.3. The number of rotatable bonds is 6. The zero-order valence-electron chi connectivity index (χ0n) is 14.8. The molecule has 4 nitrogen and oxygen atoms in total.